The summed E-state index contributed by atoms with van der Waals surface area (Å²) in [6, 6.07) is 4.45. The average molecular weight is 388 g/mol. The number of nitrogens with zero attached hydrogens (tertiary/aromatic N) is 2. The van der Waals surface area contributed by atoms with Gasteiger partial charge < -0.3 is 4.90 Å². The second kappa shape index (κ2) is 6.51. The maximum absolute atomic E-state index is 12.6. The van der Waals surface area contributed by atoms with Crippen LogP contribution in [0.3, 0.4) is 0 Å². The Morgan fingerprint density at radius 1 is 1.40 bits per heavy atom. The summed E-state index contributed by atoms with van der Waals surface area (Å²) in [5, 5.41) is 10.8. The molecule has 1 aromatic rings. The van der Waals surface area contributed by atoms with Crippen molar-refractivity contribution in [3.63, 3.8) is 0 Å². The van der Waals surface area contributed by atoms with Gasteiger partial charge in [-0.15, -0.1) is 0 Å². The lowest BCUT2D eigenvalue weighted by Gasteiger charge is -2.21. The second-order valence-electron chi connectivity index (χ2n) is 5.25. The first kappa shape index (κ1) is 15.2. The number of likely N-dealkylation sites (tertiary alicyclic amines) is 1. The number of nitro benzene ring substituents is 1. The van der Waals surface area contributed by atoms with E-state index in [0.717, 1.165) is 35.9 Å². The van der Waals surface area contributed by atoms with Gasteiger partial charge in [-0.2, -0.15) is 0 Å². The first-order valence-corrected chi connectivity index (χ1v) is 7.80. The van der Waals surface area contributed by atoms with E-state index in [1.807, 2.05) is 4.90 Å². The standard InChI is InChI=1S/C14H17IN2O3/c1-10-3-2-7-16(8-6-10)14(18)12-9-11(17(19)20)4-5-13(12)15/h4-5,9-10H,2-3,6-8H2,1H3. The highest BCUT2D eigenvalue weighted by Crippen LogP contribution is 2.23. The number of nitro groups is 1. The molecule has 1 atom stereocenters. The van der Waals surface area contributed by atoms with Gasteiger partial charge >= 0.3 is 0 Å². The number of carbonyl (C=O) groups is 1. The molecule has 0 spiro atoms. The zero-order valence-corrected chi connectivity index (χ0v) is 13.5. The van der Waals surface area contributed by atoms with Gasteiger partial charge in [0.1, 0.15) is 0 Å². The van der Waals surface area contributed by atoms with Crippen molar-refractivity contribution in [2.24, 2.45) is 5.92 Å². The van der Waals surface area contributed by atoms with Gasteiger partial charge in [-0.3, -0.25) is 14.9 Å². The molecule has 1 aliphatic heterocycles. The molecule has 1 heterocycles. The summed E-state index contributed by atoms with van der Waals surface area (Å²) >= 11 is 2.06. The number of halogens is 1. The quantitative estimate of drug-likeness (QED) is 0.443. The molecule has 1 unspecified atom stereocenters. The predicted octanol–water partition coefficient (Wildman–Crippen LogP) is 3.46. The molecular weight excluding hydrogens is 371 g/mol. The second-order valence-corrected chi connectivity index (χ2v) is 6.41. The Balaban J connectivity index is 2.23. The van der Waals surface area contributed by atoms with Crippen molar-refractivity contribution in [1.29, 1.82) is 0 Å². The molecule has 1 amide bonds. The summed E-state index contributed by atoms with van der Waals surface area (Å²) < 4.78 is 0.760. The lowest BCUT2D eigenvalue weighted by molar-refractivity contribution is -0.384. The molecule has 5 nitrogen and oxygen atoms in total. The fraction of sp³-hybridized carbons (Fsp3) is 0.500. The summed E-state index contributed by atoms with van der Waals surface area (Å²) in [5.74, 6) is 0.546. The molecule has 0 bridgehead atoms. The Kier molecular flexibility index (Phi) is 4.95. The van der Waals surface area contributed by atoms with E-state index in [1.54, 1.807) is 6.07 Å². The lowest BCUT2D eigenvalue weighted by Crippen LogP contribution is -2.32. The van der Waals surface area contributed by atoms with Gasteiger partial charge in [-0.1, -0.05) is 6.92 Å². The van der Waals surface area contributed by atoms with Gasteiger partial charge in [-0.05, 0) is 53.8 Å². The van der Waals surface area contributed by atoms with E-state index < -0.39 is 4.92 Å². The molecule has 0 saturated carbocycles. The first-order valence-electron chi connectivity index (χ1n) is 6.72. The normalized spacial score (nSPS) is 19.5. The fourth-order valence-corrected chi connectivity index (χ4v) is 2.99. The van der Waals surface area contributed by atoms with Gasteiger partial charge in [0.15, 0.2) is 0 Å². The van der Waals surface area contributed by atoms with E-state index in [9.17, 15) is 14.9 Å². The lowest BCUT2D eigenvalue weighted by atomic mass is 10.0. The molecular formula is C14H17IN2O3. The van der Waals surface area contributed by atoms with Crippen molar-refractivity contribution >= 4 is 34.2 Å². The third-order valence-corrected chi connectivity index (χ3v) is 4.64. The molecule has 1 aliphatic rings. The Labute approximate surface area is 131 Å². The van der Waals surface area contributed by atoms with E-state index >= 15 is 0 Å². The zero-order chi connectivity index (χ0) is 14.7. The summed E-state index contributed by atoms with van der Waals surface area (Å²) in [5.41, 5.74) is 0.409. The topological polar surface area (TPSA) is 63.5 Å². The molecule has 6 heteroatoms. The average Bonchev–Trinajstić information content (AvgIpc) is 2.63. The molecule has 108 valence electrons. The molecule has 0 aromatic heterocycles. The van der Waals surface area contributed by atoms with Crippen LogP contribution in [0.15, 0.2) is 18.2 Å². The Bertz CT molecular complexity index is 533. The molecule has 1 saturated heterocycles. The third kappa shape index (κ3) is 3.47. The van der Waals surface area contributed by atoms with E-state index in [0.29, 0.717) is 11.5 Å². The largest absolute Gasteiger partial charge is 0.339 e. The highest BCUT2D eigenvalue weighted by Gasteiger charge is 2.23. The number of hydrogen-bond donors (Lipinski definition) is 0. The predicted molar refractivity (Wildman–Crippen MR) is 84.7 cm³/mol. The number of hydrogen-bond acceptors (Lipinski definition) is 3. The Morgan fingerprint density at radius 3 is 2.85 bits per heavy atom. The van der Waals surface area contributed by atoms with Crippen LogP contribution in [0.4, 0.5) is 5.69 Å². The Hall–Kier alpha value is -1.18. The molecule has 2 rings (SSSR count). The molecule has 20 heavy (non-hydrogen) atoms. The molecule has 0 N–H and O–H groups in total. The van der Waals surface area contributed by atoms with E-state index in [-0.39, 0.29) is 11.6 Å². The van der Waals surface area contributed by atoms with Crippen LogP contribution in [-0.4, -0.2) is 28.8 Å². The maximum atomic E-state index is 12.6. The van der Waals surface area contributed by atoms with Crippen LogP contribution in [0.25, 0.3) is 0 Å². The minimum absolute atomic E-state index is 0.0306. The van der Waals surface area contributed by atoms with Crippen LogP contribution in [0.1, 0.15) is 36.5 Å². The van der Waals surface area contributed by atoms with E-state index in [1.165, 1.54) is 12.1 Å². The number of non-ortho nitro benzene ring substituents is 1. The first-order chi connectivity index (χ1) is 9.49. The minimum atomic E-state index is -0.461. The summed E-state index contributed by atoms with van der Waals surface area (Å²) in [6.07, 6.45) is 3.13. The summed E-state index contributed by atoms with van der Waals surface area (Å²) in [7, 11) is 0. The van der Waals surface area contributed by atoms with E-state index in [4.69, 9.17) is 0 Å². The van der Waals surface area contributed by atoms with Crippen molar-refractivity contribution < 1.29 is 9.72 Å². The van der Waals surface area contributed by atoms with Crippen LogP contribution in [0.2, 0.25) is 0 Å². The van der Waals surface area contributed by atoms with E-state index in [2.05, 4.69) is 29.5 Å². The van der Waals surface area contributed by atoms with Crippen LogP contribution in [-0.2, 0) is 0 Å². The van der Waals surface area contributed by atoms with Crippen LogP contribution < -0.4 is 0 Å². The van der Waals surface area contributed by atoms with Gasteiger partial charge in [0, 0.05) is 28.8 Å². The smallest absolute Gasteiger partial charge is 0.270 e. The van der Waals surface area contributed by atoms with Gasteiger partial charge in [0.05, 0.1) is 10.5 Å². The van der Waals surface area contributed by atoms with Gasteiger partial charge in [0.25, 0.3) is 11.6 Å². The summed E-state index contributed by atoms with van der Waals surface area (Å²) in [6.45, 7) is 3.67. The molecule has 1 aromatic carbocycles. The highest BCUT2D eigenvalue weighted by atomic mass is 127. The third-order valence-electron chi connectivity index (χ3n) is 3.70. The fourth-order valence-electron chi connectivity index (χ4n) is 2.43. The van der Waals surface area contributed by atoms with Crippen LogP contribution >= 0.6 is 22.6 Å². The van der Waals surface area contributed by atoms with Crippen LogP contribution in [0, 0.1) is 19.6 Å². The number of benzene rings is 1. The summed E-state index contributed by atoms with van der Waals surface area (Å²) in [4.78, 5) is 24.8. The number of carbonyl (C=O) groups excluding carboxylic acids is 1. The molecule has 1 fully saturated rings. The van der Waals surface area contributed by atoms with Crippen molar-refractivity contribution in [3.05, 3.63) is 37.4 Å². The number of rotatable bonds is 2. The van der Waals surface area contributed by atoms with Crippen molar-refractivity contribution in [2.75, 3.05) is 13.1 Å². The monoisotopic (exact) mass is 388 g/mol. The minimum Gasteiger partial charge on any atom is -0.339 e. The Morgan fingerprint density at radius 2 is 2.15 bits per heavy atom. The molecule has 0 aliphatic carbocycles. The van der Waals surface area contributed by atoms with Gasteiger partial charge in [0.2, 0.25) is 0 Å². The van der Waals surface area contributed by atoms with Crippen molar-refractivity contribution in [1.82, 2.24) is 4.90 Å². The zero-order valence-electron chi connectivity index (χ0n) is 11.3. The maximum Gasteiger partial charge on any atom is 0.270 e. The highest BCUT2D eigenvalue weighted by molar-refractivity contribution is 14.1. The molecule has 0 radical (unpaired) electrons. The number of amides is 1. The van der Waals surface area contributed by atoms with Crippen molar-refractivity contribution in [3.8, 4) is 0 Å². The SMILES string of the molecule is CC1CCCN(C(=O)c2cc([N+](=O)[O-])ccc2I)CC1. The van der Waals surface area contributed by atoms with Gasteiger partial charge in [-0.25, -0.2) is 0 Å². The van der Waals surface area contributed by atoms with Crippen LogP contribution in [0.5, 0.6) is 0 Å². The van der Waals surface area contributed by atoms with Crippen molar-refractivity contribution in [2.45, 2.75) is 26.2 Å².